The van der Waals surface area contributed by atoms with Crippen molar-refractivity contribution in [3.05, 3.63) is 17.7 Å². The minimum Gasteiger partial charge on any atom is -0.471 e. The molecule has 25 heavy (non-hydrogen) atoms. The summed E-state index contributed by atoms with van der Waals surface area (Å²) in [7, 11) is 0. The lowest BCUT2D eigenvalue weighted by atomic mass is 9.96. The molecule has 3 heterocycles. The first-order valence-corrected chi connectivity index (χ1v) is 7.96. The second kappa shape index (κ2) is 5.96. The Hall–Kier alpha value is -2.19. The number of alkyl halides is 3. The van der Waals surface area contributed by atoms with Crippen LogP contribution in [0, 0.1) is 0 Å². The van der Waals surface area contributed by atoms with E-state index < -0.39 is 30.0 Å². The van der Waals surface area contributed by atoms with E-state index in [4.69, 9.17) is 9.47 Å². The van der Waals surface area contributed by atoms with Crippen molar-refractivity contribution in [1.82, 2.24) is 9.88 Å². The molecule has 1 amide bonds. The average molecular weight is 360 g/mol. The standard InChI is InChI=1S/C16H19F3N2O4/c1-15(2,3)25-14(22)21-8-4-5-10-12(21)9-6-7-11(20-13(9)23-10)24-16(17,18)19/h6-7,10,12H,4-5,8H2,1-3H3/t10-,12-/m0/s1. The van der Waals surface area contributed by atoms with Crippen molar-refractivity contribution in [3.8, 4) is 11.8 Å². The summed E-state index contributed by atoms with van der Waals surface area (Å²) in [6, 6.07) is 2.16. The Kier molecular flexibility index (Phi) is 4.20. The maximum atomic E-state index is 12.5. The molecule has 0 saturated carbocycles. The number of aromatic nitrogens is 1. The molecule has 3 rings (SSSR count). The third-order valence-electron chi connectivity index (χ3n) is 3.87. The zero-order valence-electron chi connectivity index (χ0n) is 14.1. The van der Waals surface area contributed by atoms with Gasteiger partial charge in [-0.1, -0.05) is 0 Å². The summed E-state index contributed by atoms with van der Waals surface area (Å²) in [5, 5.41) is 0. The van der Waals surface area contributed by atoms with Crippen LogP contribution >= 0.6 is 0 Å². The minimum absolute atomic E-state index is 0.0622. The van der Waals surface area contributed by atoms with Gasteiger partial charge in [0.25, 0.3) is 0 Å². The number of nitrogens with zero attached hydrogens (tertiary/aromatic N) is 2. The maximum Gasteiger partial charge on any atom is 0.574 e. The summed E-state index contributed by atoms with van der Waals surface area (Å²) >= 11 is 0. The number of piperidine rings is 1. The molecule has 0 spiro atoms. The first-order valence-electron chi connectivity index (χ1n) is 7.96. The van der Waals surface area contributed by atoms with Crippen molar-refractivity contribution in [3.63, 3.8) is 0 Å². The molecule has 6 nitrogen and oxygen atoms in total. The molecule has 1 aromatic heterocycles. The third kappa shape index (κ3) is 3.91. The number of pyridine rings is 1. The van der Waals surface area contributed by atoms with Crippen LogP contribution in [0.1, 0.15) is 45.2 Å². The number of carbonyl (C=O) groups excluding carboxylic acids is 1. The SMILES string of the molecule is CC(C)(C)OC(=O)N1CCC[C@@H]2Oc3nc(OC(F)(F)F)ccc3[C@@H]21. The number of likely N-dealkylation sites (tertiary alicyclic amines) is 1. The summed E-state index contributed by atoms with van der Waals surface area (Å²) in [5.41, 5.74) is -0.0836. The van der Waals surface area contributed by atoms with E-state index in [0.29, 0.717) is 24.9 Å². The zero-order chi connectivity index (χ0) is 18.4. The van der Waals surface area contributed by atoms with Gasteiger partial charge in [0.2, 0.25) is 11.8 Å². The van der Waals surface area contributed by atoms with Crippen LogP contribution in [0.15, 0.2) is 12.1 Å². The fourth-order valence-corrected chi connectivity index (χ4v) is 3.05. The van der Waals surface area contributed by atoms with Gasteiger partial charge in [-0.3, -0.25) is 4.90 Å². The van der Waals surface area contributed by atoms with Crippen molar-refractivity contribution in [1.29, 1.82) is 0 Å². The third-order valence-corrected chi connectivity index (χ3v) is 3.87. The Bertz CT molecular complexity index is 672. The van der Waals surface area contributed by atoms with Crippen molar-refractivity contribution in [2.75, 3.05) is 6.54 Å². The molecule has 1 aromatic rings. The van der Waals surface area contributed by atoms with Gasteiger partial charge in [0.1, 0.15) is 17.7 Å². The van der Waals surface area contributed by atoms with Gasteiger partial charge in [-0.15, -0.1) is 13.2 Å². The van der Waals surface area contributed by atoms with E-state index in [1.54, 1.807) is 25.7 Å². The Morgan fingerprint density at radius 3 is 2.68 bits per heavy atom. The molecule has 0 N–H and O–H groups in total. The lowest BCUT2D eigenvalue weighted by Gasteiger charge is -2.37. The number of carbonyl (C=O) groups is 1. The van der Waals surface area contributed by atoms with Crippen LogP contribution in [0.3, 0.4) is 0 Å². The van der Waals surface area contributed by atoms with Gasteiger partial charge in [-0.2, -0.15) is 4.98 Å². The topological polar surface area (TPSA) is 60.9 Å². The molecule has 0 aromatic carbocycles. The van der Waals surface area contributed by atoms with Crippen LogP contribution in [0.4, 0.5) is 18.0 Å². The van der Waals surface area contributed by atoms with E-state index in [1.807, 2.05) is 0 Å². The van der Waals surface area contributed by atoms with E-state index in [9.17, 15) is 18.0 Å². The van der Waals surface area contributed by atoms with Gasteiger partial charge in [-0.25, -0.2) is 4.79 Å². The molecule has 0 radical (unpaired) electrons. The Labute approximate surface area is 142 Å². The van der Waals surface area contributed by atoms with Crippen molar-refractivity contribution < 1.29 is 32.2 Å². The van der Waals surface area contributed by atoms with Gasteiger partial charge < -0.3 is 14.2 Å². The van der Waals surface area contributed by atoms with Crippen LogP contribution in [0.25, 0.3) is 0 Å². The fourth-order valence-electron chi connectivity index (χ4n) is 3.05. The van der Waals surface area contributed by atoms with E-state index in [0.717, 1.165) is 6.07 Å². The number of amides is 1. The average Bonchev–Trinajstić information content (AvgIpc) is 2.80. The molecule has 0 aliphatic carbocycles. The van der Waals surface area contributed by atoms with E-state index in [2.05, 4.69) is 9.72 Å². The molecule has 1 fully saturated rings. The summed E-state index contributed by atoms with van der Waals surface area (Å²) in [6.45, 7) is 5.80. The lowest BCUT2D eigenvalue weighted by molar-refractivity contribution is -0.276. The predicted molar refractivity (Wildman–Crippen MR) is 80.3 cm³/mol. The summed E-state index contributed by atoms with van der Waals surface area (Å²) in [4.78, 5) is 17.8. The zero-order valence-corrected chi connectivity index (χ0v) is 14.1. The highest BCUT2D eigenvalue weighted by atomic mass is 19.4. The molecule has 2 aliphatic rings. The molecule has 0 bridgehead atoms. The lowest BCUT2D eigenvalue weighted by Crippen LogP contribution is -2.46. The Morgan fingerprint density at radius 2 is 2.04 bits per heavy atom. The highest BCUT2D eigenvalue weighted by Gasteiger charge is 2.45. The Balaban J connectivity index is 1.85. The first-order chi connectivity index (χ1) is 11.5. The molecule has 2 aliphatic heterocycles. The van der Waals surface area contributed by atoms with Gasteiger partial charge in [-0.05, 0) is 39.7 Å². The molecular weight excluding hydrogens is 341 g/mol. The first kappa shape index (κ1) is 17.6. The maximum absolute atomic E-state index is 12.5. The number of hydrogen-bond donors (Lipinski definition) is 0. The van der Waals surface area contributed by atoms with Crippen molar-refractivity contribution in [2.24, 2.45) is 0 Å². The van der Waals surface area contributed by atoms with Crippen LogP contribution in [0.2, 0.25) is 0 Å². The smallest absolute Gasteiger partial charge is 0.471 e. The van der Waals surface area contributed by atoms with E-state index in [-0.39, 0.29) is 12.0 Å². The van der Waals surface area contributed by atoms with Gasteiger partial charge in [0.15, 0.2) is 0 Å². The van der Waals surface area contributed by atoms with Crippen molar-refractivity contribution >= 4 is 6.09 Å². The number of fused-ring (bicyclic) bond motifs is 3. The van der Waals surface area contributed by atoms with Gasteiger partial charge in [0.05, 0.1) is 0 Å². The normalized spacial score (nSPS) is 22.7. The number of halogens is 3. The predicted octanol–water partition coefficient (Wildman–Crippen LogP) is 3.81. The second-order valence-corrected chi connectivity index (χ2v) is 7.01. The second-order valence-electron chi connectivity index (χ2n) is 7.01. The highest BCUT2D eigenvalue weighted by molar-refractivity contribution is 5.69. The van der Waals surface area contributed by atoms with Crippen LogP contribution in [-0.4, -0.2) is 40.6 Å². The van der Waals surface area contributed by atoms with Gasteiger partial charge >= 0.3 is 12.5 Å². The van der Waals surface area contributed by atoms with E-state index >= 15 is 0 Å². The largest absolute Gasteiger partial charge is 0.574 e. The number of ether oxygens (including phenoxy) is 3. The minimum atomic E-state index is -4.82. The van der Waals surface area contributed by atoms with Crippen molar-refractivity contribution in [2.45, 2.75) is 57.7 Å². The highest BCUT2D eigenvalue weighted by Crippen LogP contribution is 2.44. The quantitative estimate of drug-likeness (QED) is 0.762. The van der Waals surface area contributed by atoms with E-state index in [1.165, 1.54) is 6.07 Å². The molecule has 1 saturated heterocycles. The van der Waals surface area contributed by atoms with Crippen LogP contribution in [0.5, 0.6) is 11.8 Å². The monoisotopic (exact) mass is 360 g/mol. The van der Waals surface area contributed by atoms with Crippen LogP contribution < -0.4 is 9.47 Å². The Morgan fingerprint density at radius 1 is 1.32 bits per heavy atom. The number of hydrogen-bond acceptors (Lipinski definition) is 5. The summed E-state index contributed by atoms with van der Waals surface area (Å²) < 4.78 is 51.9. The number of rotatable bonds is 1. The summed E-state index contributed by atoms with van der Waals surface area (Å²) in [6.07, 6.45) is -4.27. The molecule has 0 unspecified atom stereocenters. The van der Waals surface area contributed by atoms with Crippen LogP contribution in [-0.2, 0) is 4.74 Å². The fraction of sp³-hybridized carbons (Fsp3) is 0.625. The molecular formula is C16H19F3N2O4. The summed E-state index contributed by atoms with van der Waals surface area (Å²) in [5.74, 6) is -0.527. The molecule has 9 heteroatoms. The van der Waals surface area contributed by atoms with Gasteiger partial charge in [0, 0.05) is 18.2 Å². The molecule has 138 valence electrons. The molecule has 2 atom stereocenters.